The van der Waals surface area contributed by atoms with Gasteiger partial charge in [-0.1, -0.05) is 38.1 Å². The van der Waals surface area contributed by atoms with E-state index in [9.17, 15) is 4.79 Å². The number of fused-ring (bicyclic) bond motifs is 1. The van der Waals surface area contributed by atoms with E-state index in [1.54, 1.807) is 11.8 Å². The lowest BCUT2D eigenvalue weighted by atomic mass is 9.73. The molecule has 3 nitrogen and oxygen atoms in total. The molecule has 1 aliphatic carbocycles. The van der Waals surface area contributed by atoms with E-state index in [2.05, 4.69) is 67.1 Å². The van der Waals surface area contributed by atoms with E-state index in [1.807, 2.05) is 12.1 Å². The minimum absolute atomic E-state index is 0.0184. The number of carbonyl (C=O) groups excluding carboxylic acids is 1. The smallest absolute Gasteiger partial charge is 0.163 e. The molecule has 2 N–H and O–H groups in total. The number of hydrogen-bond acceptors (Lipinski definition) is 4. The van der Waals surface area contributed by atoms with E-state index < -0.39 is 0 Å². The van der Waals surface area contributed by atoms with Crippen LogP contribution in [0.2, 0.25) is 0 Å². The fourth-order valence-corrected chi connectivity index (χ4v) is 4.34. The van der Waals surface area contributed by atoms with Crippen molar-refractivity contribution in [3.05, 3.63) is 65.4 Å². The molecule has 4 heteroatoms. The number of nitrogens with one attached hydrogen (secondary N) is 2. The summed E-state index contributed by atoms with van der Waals surface area (Å²) in [7, 11) is 0. The Balaban J connectivity index is 1.85. The maximum absolute atomic E-state index is 13.1. The number of benzene rings is 2. The second-order valence-corrected chi connectivity index (χ2v) is 8.73. The van der Waals surface area contributed by atoms with Gasteiger partial charge in [0.2, 0.25) is 0 Å². The lowest BCUT2D eigenvalue weighted by Gasteiger charge is -2.34. The van der Waals surface area contributed by atoms with Crippen LogP contribution in [0, 0.1) is 5.41 Å². The first-order valence-electron chi connectivity index (χ1n) is 9.00. The molecule has 0 saturated carbocycles. The Morgan fingerprint density at radius 3 is 2.38 bits per heavy atom. The molecule has 0 amide bonds. The highest BCUT2D eigenvalue weighted by molar-refractivity contribution is 7.98. The van der Waals surface area contributed by atoms with Gasteiger partial charge in [-0.15, -0.1) is 11.8 Å². The zero-order valence-corrected chi connectivity index (χ0v) is 16.2. The summed E-state index contributed by atoms with van der Waals surface area (Å²) >= 11 is 1.73. The molecule has 2 aromatic rings. The Hall–Kier alpha value is -2.20. The van der Waals surface area contributed by atoms with Gasteiger partial charge in [0.25, 0.3) is 0 Å². The molecule has 26 heavy (non-hydrogen) atoms. The van der Waals surface area contributed by atoms with Crippen LogP contribution in [0.5, 0.6) is 0 Å². The fourth-order valence-electron chi connectivity index (χ4n) is 3.94. The average Bonchev–Trinajstić information content (AvgIpc) is 2.77. The molecular weight excluding hydrogens is 340 g/mol. The van der Waals surface area contributed by atoms with Crippen LogP contribution in [0.1, 0.15) is 38.3 Å². The van der Waals surface area contributed by atoms with Crippen molar-refractivity contribution < 1.29 is 4.79 Å². The van der Waals surface area contributed by atoms with Crippen molar-refractivity contribution in [2.24, 2.45) is 5.41 Å². The zero-order chi connectivity index (χ0) is 18.3. The summed E-state index contributed by atoms with van der Waals surface area (Å²) in [5, 5.41) is 7.18. The summed E-state index contributed by atoms with van der Waals surface area (Å²) in [5.41, 5.74) is 5.12. The van der Waals surface area contributed by atoms with E-state index in [4.69, 9.17) is 0 Å². The Morgan fingerprint density at radius 1 is 1.00 bits per heavy atom. The van der Waals surface area contributed by atoms with Crippen molar-refractivity contribution >= 4 is 28.9 Å². The molecule has 134 valence electrons. The number of ketones is 1. The molecule has 4 rings (SSSR count). The summed E-state index contributed by atoms with van der Waals surface area (Å²) in [4.78, 5) is 14.3. The SMILES string of the molecule is CSc1ccc(C2Nc3ccccc3NC3=C2C(=O)CC(C)(C)C3)cc1. The van der Waals surface area contributed by atoms with Crippen LogP contribution in [0.3, 0.4) is 0 Å². The second kappa shape index (κ2) is 6.51. The first-order valence-corrected chi connectivity index (χ1v) is 10.2. The molecule has 1 aliphatic heterocycles. The number of hydrogen-bond donors (Lipinski definition) is 2. The lowest BCUT2D eigenvalue weighted by molar-refractivity contribution is -0.118. The van der Waals surface area contributed by atoms with Gasteiger partial charge in [0.05, 0.1) is 17.4 Å². The number of para-hydroxylation sites is 2. The van der Waals surface area contributed by atoms with Gasteiger partial charge in [-0.05, 0) is 47.9 Å². The topological polar surface area (TPSA) is 41.1 Å². The Morgan fingerprint density at radius 2 is 1.69 bits per heavy atom. The molecule has 0 saturated heterocycles. The Bertz CT molecular complexity index is 883. The number of thioether (sulfide) groups is 1. The van der Waals surface area contributed by atoms with Crippen LogP contribution >= 0.6 is 11.8 Å². The number of anilines is 2. The van der Waals surface area contributed by atoms with Gasteiger partial charge in [0.15, 0.2) is 5.78 Å². The highest BCUT2D eigenvalue weighted by atomic mass is 32.2. The highest BCUT2D eigenvalue weighted by Gasteiger charge is 2.38. The van der Waals surface area contributed by atoms with Gasteiger partial charge < -0.3 is 10.6 Å². The van der Waals surface area contributed by atoms with Gasteiger partial charge in [-0.2, -0.15) is 0 Å². The van der Waals surface area contributed by atoms with Crippen LogP contribution < -0.4 is 10.6 Å². The predicted octanol–water partition coefficient (Wildman–Crippen LogP) is 5.63. The minimum Gasteiger partial charge on any atom is -0.372 e. The molecule has 2 aliphatic rings. The van der Waals surface area contributed by atoms with Gasteiger partial charge in [-0.3, -0.25) is 4.79 Å². The summed E-state index contributed by atoms with van der Waals surface area (Å²) in [6.45, 7) is 4.34. The third-order valence-corrected chi connectivity index (χ3v) is 5.91. The first-order chi connectivity index (χ1) is 12.5. The van der Waals surface area contributed by atoms with Crippen molar-refractivity contribution in [2.75, 3.05) is 16.9 Å². The van der Waals surface area contributed by atoms with Crippen LogP contribution in [0.15, 0.2) is 64.7 Å². The zero-order valence-electron chi connectivity index (χ0n) is 15.4. The molecule has 2 aromatic carbocycles. The largest absolute Gasteiger partial charge is 0.372 e. The van der Waals surface area contributed by atoms with Crippen molar-refractivity contribution in [2.45, 2.75) is 37.6 Å². The van der Waals surface area contributed by atoms with Crippen molar-refractivity contribution in [1.82, 2.24) is 0 Å². The van der Waals surface area contributed by atoms with E-state index in [-0.39, 0.29) is 17.2 Å². The molecular formula is C22H24N2OS. The van der Waals surface area contributed by atoms with Crippen LogP contribution in [-0.4, -0.2) is 12.0 Å². The first kappa shape index (κ1) is 17.2. The molecule has 1 atom stereocenters. The normalized spacial score (nSPS) is 21.2. The average molecular weight is 365 g/mol. The standard InChI is InChI=1S/C22H24N2OS/c1-22(2)12-18-20(19(25)13-22)21(14-8-10-15(26-3)11-9-14)24-17-7-5-4-6-16(17)23-18/h4-11,21,23-24H,12-13H2,1-3H3. The predicted molar refractivity (Wildman–Crippen MR) is 110 cm³/mol. The number of allylic oxidation sites excluding steroid dienone is 1. The van der Waals surface area contributed by atoms with Crippen molar-refractivity contribution in [3.8, 4) is 0 Å². The van der Waals surface area contributed by atoms with Gasteiger partial charge in [0, 0.05) is 22.6 Å². The van der Waals surface area contributed by atoms with E-state index in [0.29, 0.717) is 6.42 Å². The Labute approximate surface area is 159 Å². The summed E-state index contributed by atoms with van der Waals surface area (Å²) < 4.78 is 0. The molecule has 1 heterocycles. The van der Waals surface area contributed by atoms with Crippen molar-refractivity contribution in [1.29, 1.82) is 0 Å². The van der Waals surface area contributed by atoms with E-state index in [0.717, 1.165) is 34.6 Å². The molecule has 1 unspecified atom stereocenters. The molecule has 0 aromatic heterocycles. The fraction of sp³-hybridized carbons (Fsp3) is 0.318. The minimum atomic E-state index is -0.124. The molecule has 0 fully saturated rings. The van der Waals surface area contributed by atoms with E-state index in [1.165, 1.54) is 4.90 Å². The molecule has 0 spiro atoms. The summed E-state index contributed by atoms with van der Waals surface area (Å²) in [6, 6.07) is 16.6. The molecule has 0 bridgehead atoms. The summed E-state index contributed by atoms with van der Waals surface area (Å²) in [6.07, 6.45) is 3.54. The summed E-state index contributed by atoms with van der Waals surface area (Å²) in [5.74, 6) is 0.239. The third kappa shape index (κ3) is 3.14. The van der Waals surface area contributed by atoms with Crippen LogP contribution in [0.25, 0.3) is 0 Å². The van der Waals surface area contributed by atoms with Gasteiger partial charge >= 0.3 is 0 Å². The van der Waals surface area contributed by atoms with Crippen molar-refractivity contribution in [3.63, 3.8) is 0 Å². The molecule has 0 radical (unpaired) electrons. The van der Waals surface area contributed by atoms with Crippen LogP contribution in [-0.2, 0) is 4.79 Å². The van der Waals surface area contributed by atoms with Crippen LogP contribution in [0.4, 0.5) is 11.4 Å². The maximum atomic E-state index is 13.1. The van der Waals surface area contributed by atoms with E-state index >= 15 is 0 Å². The quantitative estimate of drug-likeness (QED) is 0.678. The lowest BCUT2D eigenvalue weighted by Crippen LogP contribution is -2.31. The van der Waals surface area contributed by atoms with Gasteiger partial charge in [-0.25, -0.2) is 0 Å². The maximum Gasteiger partial charge on any atom is 0.163 e. The highest BCUT2D eigenvalue weighted by Crippen LogP contribution is 2.45. The third-order valence-electron chi connectivity index (χ3n) is 5.17. The number of Topliss-reactive ketones (excluding diaryl/α,β-unsaturated/α-hetero) is 1. The Kier molecular flexibility index (Phi) is 4.31. The number of rotatable bonds is 2. The van der Waals surface area contributed by atoms with Gasteiger partial charge in [0.1, 0.15) is 0 Å². The monoisotopic (exact) mass is 364 g/mol. The number of carbonyl (C=O) groups is 1. The second-order valence-electron chi connectivity index (χ2n) is 7.85.